The molecule has 0 radical (unpaired) electrons. The Morgan fingerprint density at radius 1 is 1.17 bits per heavy atom. The summed E-state index contributed by atoms with van der Waals surface area (Å²) in [4.78, 5) is 30.8. The second-order valence-corrected chi connectivity index (χ2v) is 7.77. The Bertz CT molecular complexity index is 1210. The van der Waals surface area contributed by atoms with Crippen molar-refractivity contribution in [3.63, 3.8) is 0 Å². The predicted octanol–water partition coefficient (Wildman–Crippen LogP) is 4.66. The number of aromatic nitrogens is 3. The molecule has 0 aliphatic rings. The zero-order valence-electron chi connectivity index (χ0n) is 16.5. The molecule has 0 saturated heterocycles. The number of thiophene rings is 1. The predicted molar refractivity (Wildman–Crippen MR) is 114 cm³/mol. The van der Waals surface area contributed by atoms with Crippen molar-refractivity contribution in [3.8, 4) is 10.8 Å². The van der Waals surface area contributed by atoms with Gasteiger partial charge in [0.1, 0.15) is 18.6 Å². The monoisotopic (exact) mass is 423 g/mol. The number of rotatable bonds is 8. The Labute approximate surface area is 176 Å². The Morgan fingerprint density at radius 2 is 2.00 bits per heavy atom. The lowest BCUT2D eigenvalue weighted by Crippen LogP contribution is -2.26. The van der Waals surface area contributed by atoms with Crippen molar-refractivity contribution < 1.29 is 13.9 Å². The second-order valence-electron chi connectivity index (χ2n) is 6.83. The molecule has 7 nitrogen and oxygen atoms in total. The van der Waals surface area contributed by atoms with Gasteiger partial charge in [0.15, 0.2) is 5.69 Å². The Morgan fingerprint density at radius 3 is 2.77 bits per heavy atom. The van der Waals surface area contributed by atoms with Crippen molar-refractivity contribution in [2.45, 2.75) is 39.3 Å². The first-order valence-electron chi connectivity index (χ1n) is 9.82. The normalized spacial score (nSPS) is 11.1. The van der Waals surface area contributed by atoms with Crippen molar-refractivity contribution in [2.24, 2.45) is 0 Å². The molecule has 3 heterocycles. The molecular formula is C22H21N3O4S. The van der Waals surface area contributed by atoms with E-state index in [2.05, 4.69) is 17.0 Å². The van der Waals surface area contributed by atoms with Gasteiger partial charge in [0.25, 0.3) is 5.56 Å². The molecule has 4 aromatic rings. The van der Waals surface area contributed by atoms with E-state index in [1.807, 2.05) is 17.5 Å². The molecule has 0 spiro atoms. The molecule has 30 heavy (non-hydrogen) atoms. The second kappa shape index (κ2) is 9.04. The quantitative estimate of drug-likeness (QED) is 0.303. The molecule has 0 bridgehead atoms. The number of benzene rings is 1. The molecule has 1 aromatic carbocycles. The number of carbonyl (C=O) groups excluding carboxylic acids is 1. The minimum atomic E-state index is -0.601. The summed E-state index contributed by atoms with van der Waals surface area (Å²) in [5.41, 5.74) is 0.436. The van der Waals surface area contributed by atoms with Gasteiger partial charge in [-0.2, -0.15) is 5.10 Å². The maximum Gasteiger partial charge on any atom is 0.359 e. The number of hydrogen-bond acceptors (Lipinski definition) is 7. The lowest BCUT2D eigenvalue weighted by Gasteiger charge is -2.10. The van der Waals surface area contributed by atoms with Crippen molar-refractivity contribution in [1.82, 2.24) is 14.8 Å². The average Bonchev–Trinajstić information content (AvgIpc) is 3.46. The van der Waals surface area contributed by atoms with Crippen LogP contribution in [0.3, 0.4) is 0 Å². The molecule has 0 fully saturated rings. The fourth-order valence-corrected chi connectivity index (χ4v) is 3.80. The van der Waals surface area contributed by atoms with Crippen LogP contribution >= 0.6 is 11.3 Å². The van der Waals surface area contributed by atoms with E-state index in [9.17, 15) is 9.59 Å². The summed E-state index contributed by atoms with van der Waals surface area (Å²) in [5.74, 6) is -0.111. The SMILES string of the molecule is CCCCCn1nc(C(=O)OCc2coc(-c3cccs3)n2)c2ccccc2c1=O. The molecule has 0 N–H and O–H groups in total. The van der Waals surface area contributed by atoms with E-state index in [0.29, 0.717) is 28.9 Å². The van der Waals surface area contributed by atoms with E-state index >= 15 is 0 Å². The summed E-state index contributed by atoms with van der Waals surface area (Å²) >= 11 is 1.52. The number of ether oxygens (including phenoxy) is 1. The third kappa shape index (κ3) is 4.18. The van der Waals surface area contributed by atoms with E-state index in [1.54, 1.807) is 24.3 Å². The van der Waals surface area contributed by atoms with E-state index < -0.39 is 5.97 Å². The molecule has 8 heteroatoms. The summed E-state index contributed by atoms with van der Waals surface area (Å²) in [6, 6.07) is 10.8. The highest BCUT2D eigenvalue weighted by molar-refractivity contribution is 7.13. The van der Waals surface area contributed by atoms with Gasteiger partial charge in [-0.15, -0.1) is 11.3 Å². The summed E-state index contributed by atoms with van der Waals surface area (Å²) in [6.07, 6.45) is 4.31. The molecule has 0 amide bonds. The standard InChI is InChI=1S/C22H21N3O4S/c1-2-3-6-11-25-21(26)17-9-5-4-8-16(17)19(24-25)22(27)29-14-15-13-28-20(23-15)18-10-7-12-30-18/h4-5,7-10,12-13H,2-3,6,11,14H2,1H3. The van der Waals surface area contributed by atoms with Crippen molar-refractivity contribution in [2.75, 3.05) is 0 Å². The van der Waals surface area contributed by atoms with Crippen LogP contribution in [0.15, 0.2) is 57.3 Å². The van der Waals surface area contributed by atoms with Gasteiger partial charge in [-0.1, -0.05) is 44.0 Å². The molecule has 4 rings (SSSR count). The fourth-order valence-electron chi connectivity index (χ4n) is 3.14. The molecule has 0 aliphatic heterocycles. The van der Waals surface area contributed by atoms with Crippen LogP contribution in [0, 0.1) is 0 Å². The number of unbranched alkanes of at least 4 members (excludes halogenated alkanes) is 2. The Balaban J connectivity index is 1.56. The van der Waals surface area contributed by atoms with E-state index in [1.165, 1.54) is 22.3 Å². The van der Waals surface area contributed by atoms with Crippen LogP contribution in [0.1, 0.15) is 42.4 Å². The number of oxazole rings is 1. The number of carbonyl (C=O) groups is 1. The van der Waals surface area contributed by atoms with Crippen LogP contribution in [-0.2, 0) is 17.9 Å². The third-order valence-electron chi connectivity index (χ3n) is 4.67. The van der Waals surface area contributed by atoms with Crippen LogP contribution in [0.4, 0.5) is 0 Å². The van der Waals surface area contributed by atoms with Gasteiger partial charge in [0.2, 0.25) is 5.89 Å². The molecular weight excluding hydrogens is 402 g/mol. The van der Waals surface area contributed by atoms with Crippen LogP contribution in [0.5, 0.6) is 0 Å². The van der Waals surface area contributed by atoms with Gasteiger partial charge in [0, 0.05) is 11.9 Å². The zero-order valence-corrected chi connectivity index (χ0v) is 17.4. The van der Waals surface area contributed by atoms with E-state index in [0.717, 1.165) is 24.1 Å². The minimum absolute atomic E-state index is 0.0430. The van der Waals surface area contributed by atoms with Gasteiger partial charge < -0.3 is 9.15 Å². The number of esters is 1. The first kappa shape index (κ1) is 20.0. The highest BCUT2D eigenvalue weighted by Gasteiger charge is 2.19. The van der Waals surface area contributed by atoms with Gasteiger partial charge in [-0.25, -0.2) is 14.5 Å². The first-order valence-corrected chi connectivity index (χ1v) is 10.7. The van der Waals surface area contributed by atoms with Crippen molar-refractivity contribution in [1.29, 1.82) is 0 Å². The fraction of sp³-hybridized carbons (Fsp3) is 0.273. The molecule has 154 valence electrons. The topological polar surface area (TPSA) is 87.2 Å². The summed E-state index contributed by atoms with van der Waals surface area (Å²) in [6.45, 7) is 2.51. The van der Waals surface area contributed by atoms with Crippen LogP contribution < -0.4 is 5.56 Å². The van der Waals surface area contributed by atoms with Gasteiger partial charge in [0.05, 0.1) is 10.3 Å². The lowest BCUT2D eigenvalue weighted by molar-refractivity contribution is 0.0460. The maximum absolute atomic E-state index is 12.8. The summed E-state index contributed by atoms with van der Waals surface area (Å²) < 4.78 is 12.3. The first-order chi connectivity index (χ1) is 14.7. The largest absolute Gasteiger partial charge is 0.454 e. The number of nitrogens with zero attached hydrogens (tertiary/aromatic N) is 3. The minimum Gasteiger partial charge on any atom is -0.454 e. The van der Waals surface area contributed by atoms with Crippen LogP contribution in [0.25, 0.3) is 21.5 Å². The van der Waals surface area contributed by atoms with Crippen molar-refractivity contribution >= 4 is 28.1 Å². The smallest absolute Gasteiger partial charge is 0.359 e. The van der Waals surface area contributed by atoms with Crippen LogP contribution in [0.2, 0.25) is 0 Å². The number of fused-ring (bicyclic) bond motifs is 1. The highest BCUT2D eigenvalue weighted by atomic mass is 32.1. The molecule has 0 saturated carbocycles. The number of aryl methyl sites for hydroxylation is 1. The Kier molecular flexibility index (Phi) is 6.04. The molecule has 3 aromatic heterocycles. The van der Waals surface area contributed by atoms with Gasteiger partial charge in [-0.3, -0.25) is 4.79 Å². The maximum atomic E-state index is 12.8. The lowest BCUT2D eigenvalue weighted by atomic mass is 10.1. The van der Waals surface area contributed by atoms with Gasteiger partial charge >= 0.3 is 5.97 Å². The molecule has 0 unspecified atom stereocenters. The van der Waals surface area contributed by atoms with Crippen molar-refractivity contribution in [3.05, 3.63) is 69.8 Å². The van der Waals surface area contributed by atoms with E-state index in [-0.39, 0.29) is 17.9 Å². The summed E-state index contributed by atoms with van der Waals surface area (Å²) in [7, 11) is 0. The average molecular weight is 423 g/mol. The zero-order chi connectivity index (χ0) is 20.9. The number of hydrogen-bond donors (Lipinski definition) is 0. The van der Waals surface area contributed by atoms with E-state index in [4.69, 9.17) is 9.15 Å². The molecule has 0 atom stereocenters. The Hall–Kier alpha value is -3.26. The van der Waals surface area contributed by atoms with Crippen LogP contribution in [-0.4, -0.2) is 20.7 Å². The summed E-state index contributed by atoms with van der Waals surface area (Å²) in [5, 5.41) is 7.19. The third-order valence-corrected chi connectivity index (χ3v) is 5.53. The van der Waals surface area contributed by atoms with Gasteiger partial charge in [-0.05, 0) is 23.9 Å². The molecule has 0 aliphatic carbocycles. The highest BCUT2D eigenvalue weighted by Crippen LogP contribution is 2.24.